The van der Waals surface area contributed by atoms with Crippen LogP contribution in [0.15, 0.2) is 0 Å². The summed E-state index contributed by atoms with van der Waals surface area (Å²) in [6, 6.07) is 0.334. The maximum atomic E-state index is 11.0. The van der Waals surface area contributed by atoms with Gasteiger partial charge in [-0.3, -0.25) is 4.79 Å². The molecular formula is C9H17NO2. The van der Waals surface area contributed by atoms with Crippen LogP contribution in [-0.4, -0.2) is 24.7 Å². The zero-order valence-electron chi connectivity index (χ0n) is 7.80. The third-order valence-electron chi connectivity index (χ3n) is 2.17. The van der Waals surface area contributed by atoms with Crippen molar-refractivity contribution in [3.8, 4) is 0 Å². The normalized spacial score (nSPS) is 29.8. The molecule has 0 spiro atoms. The van der Waals surface area contributed by atoms with Crippen molar-refractivity contribution in [1.82, 2.24) is 5.32 Å². The molecule has 2 unspecified atom stereocenters. The fourth-order valence-corrected chi connectivity index (χ4v) is 1.46. The van der Waals surface area contributed by atoms with Crippen molar-refractivity contribution < 1.29 is 9.53 Å². The van der Waals surface area contributed by atoms with Gasteiger partial charge in [-0.1, -0.05) is 6.92 Å². The molecule has 2 atom stereocenters. The number of nitrogens with one attached hydrogen (secondary N) is 1. The van der Waals surface area contributed by atoms with E-state index in [0.29, 0.717) is 18.6 Å². The molecule has 1 aliphatic rings. The summed E-state index contributed by atoms with van der Waals surface area (Å²) < 4.78 is 5.37. The van der Waals surface area contributed by atoms with Crippen LogP contribution in [0, 0.1) is 0 Å². The molecule has 1 heterocycles. The molecule has 1 saturated heterocycles. The Morgan fingerprint density at radius 3 is 3.00 bits per heavy atom. The van der Waals surface area contributed by atoms with Gasteiger partial charge in [0.1, 0.15) is 0 Å². The Labute approximate surface area is 73.5 Å². The minimum absolute atomic E-state index is 0.147. The molecule has 1 aliphatic heterocycles. The van der Waals surface area contributed by atoms with E-state index in [2.05, 4.69) is 5.32 Å². The molecule has 0 aromatic carbocycles. The van der Waals surface area contributed by atoms with Crippen LogP contribution in [0.25, 0.3) is 0 Å². The van der Waals surface area contributed by atoms with Gasteiger partial charge in [0, 0.05) is 19.1 Å². The summed E-state index contributed by atoms with van der Waals surface area (Å²) in [5.41, 5.74) is 0. The molecule has 0 bridgehead atoms. The first-order valence-electron chi connectivity index (χ1n) is 4.63. The molecule has 3 heteroatoms. The third-order valence-corrected chi connectivity index (χ3v) is 2.17. The first kappa shape index (κ1) is 9.52. The van der Waals surface area contributed by atoms with E-state index in [4.69, 9.17) is 4.74 Å². The van der Waals surface area contributed by atoms with Crippen molar-refractivity contribution in [2.24, 2.45) is 0 Å². The molecule has 1 amide bonds. The molecule has 70 valence electrons. The first-order valence-corrected chi connectivity index (χ1v) is 4.63. The SMILES string of the molecule is CCC(=O)NC1CCOC(C)C1. The summed E-state index contributed by atoms with van der Waals surface area (Å²) in [6.07, 6.45) is 2.77. The molecule has 0 radical (unpaired) electrons. The number of amides is 1. The monoisotopic (exact) mass is 171 g/mol. The van der Waals surface area contributed by atoms with Gasteiger partial charge in [-0.05, 0) is 19.8 Å². The number of rotatable bonds is 2. The Morgan fingerprint density at radius 2 is 2.42 bits per heavy atom. The fraction of sp³-hybridized carbons (Fsp3) is 0.889. The summed E-state index contributed by atoms with van der Waals surface area (Å²) in [6.45, 7) is 4.69. The van der Waals surface area contributed by atoms with Crippen LogP contribution < -0.4 is 5.32 Å². The van der Waals surface area contributed by atoms with Gasteiger partial charge in [-0.2, -0.15) is 0 Å². The predicted octanol–water partition coefficient (Wildman–Crippen LogP) is 1.08. The van der Waals surface area contributed by atoms with Crippen molar-refractivity contribution >= 4 is 5.91 Å². The quantitative estimate of drug-likeness (QED) is 0.675. The van der Waals surface area contributed by atoms with Gasteiger partial charge < -0.3 is 10.1 Å². The van der Waals surface area contributed by atoms with Crippen molar-refractivity contribution in [2.75, 3.05) is 6.61 Å². The standard InChI is InChI=1S/C9H17NO2/c1-3-9(11)10-8-4-5-12-7(2)6-8/h7-8H,3-6H2,1-2H3,(H,10,11). The van der Waals surface area contributed by atoms with Crippen LogP contribution in [0.1, 0.15) is 33.1 Å². The largest absolute Gasteiger partial charge is 0.378 e. The lowest BCUT2D eigenvalue weighted by Gasteiger charge is -2.27. The summed E-state index contributed by atoms with van der Waals surface area (Å²) in [5, 5.41) is 2.98. The second-order valence-electron chi connectivity index (χ2n) is 3.32. The van der Waals surface area contributed by atoms with Gasteiger partial charge in [-0.25, -0.2) is 0 Å². The van der Waals surface area contributed by atoms with Gasteiger partial charge in [-0.15, -0.1) is 0 Å². The minimum atomic E-state index is 0.147. The van der Waals surface area contributed by atoms with E-state index < -0.39 is 0 Å². The average molecular weight is 171 g/mol. The Balaban J connectivity index is 2.27. The maximum absolute atomic E-state index is 11.0. The summed E-state index contributed by atoms with van der Waals surface area (Å²) in [4.78, 5) is 11.0. The number of carbonyl (C=O) groups excluding carboxylic acids is 1. The molecule has 0 aromatic heterocycles. The molecule has 0 aliphatic carbocycles. The second-order valence-corrected chi connectivity index (χ2v) is 3.32. The molecule has 1 fully saturated rings. The number of ether oxygens (including phenoxy) is 1. The number of hydrogen-bond acceptors (Lipinski definition) is 2. The van der Waals surface area contributed by atoms with Crippen LogP contribution in [-0.2, 0) is 9.53 Å². The Hall–Kier alpha value is -0.570. The van der Waals surface area contributed by atoms with Crippen LogP contribution in [0.4, 0.5) is 0 Å². The Morgan fingerprint density at radius 1 is 1.67 bits per heavy atom. The molecule has 1 N–H and O–H groups in total. The minimum Gasteiger partial charge on any atom is -0.378 e. The van der Waals surface area contributed by atoms with Gasteiger partial charge >= 0.3 is 0 Å². The molecule has 0 saturated carbocycles. The lowest BCUT2D eigenvalue weighted by molar-refractivity contribution is -0.122. The Kier molecular flexibility index (Phi) is 3.53. The van der Waals surface area contributed by atoms with Crippen LogP contribution in [0.5, 0.6) is 0 Å². The van der Waals surface area contributed by atoms with Crippen molar-refractivity contribution in [2.45, 2.75) is 45.3 Å². The van der Waals surface area contributed by atoms with E-state index >= 15 is 0 Å². The summed E-state index contributed by atoms with van der Waals surface area (Å²) in [7, 11) is 0. The van der Waals surface area contributed by atoms with E-state index in [9.17, 15) is 4.79 Å². The summed E-state index contributed by atoms with van der Waals surface area (Å²) in [5.74, 6) is 0.147. The second kappa shape index (κ2) is 4.45. The molecule has 1 rings (SSSR count). The maximum Gasteiger partial charge on any atom is 0.219 e. The lowest BCUT2D eigenvalue weighted by Crippen LogP contribution is -2.40. The van der Waals surface area contributed by atoms with E-state index in [0.717, 1.165) is 19.4 Å². The topological polar surface area (TPSA) is 38.3 Å². The fourth-order valence-electron chi connectivity index (χ4n) is 1.46. The predicted molar refractivity (Wildman–Crippen MR) is 46.9 cm³/mol. The number of carbonyl (C=O) groups is 1. The van der Waals surface area contributed by atoms with Crippen molar-refractivity contribution in [1.29, 1.82) is 0 Å². The van der Waals surface area contributed by atoms with Crippen LogP contribution in [0.2, 0.25) is 0 Å². The molecule has 3 nitrogen and oxygen atoms in total. The van der Waals surface area contributed by atoms with E-state index in [1.54, 1.807) is 0 Å². The van der Waals surface area contributed by atoms with Crippen LogP contribution in [0.3, 0.4) is 0 Å². The van der Waals surface area contributed by atoms with Gasteiger partial charge in [0.25, 0.3) is 0 Å². The Bertz CT molecular complexity index is 159. The highest BCUT2D eigenvalue weighted by Gasteiger charge is 2.19. The van der Waals surface area contributed by atoms with Crippen LogP contribution >= 0.6 is 0 Å². The third kappa shape index (κ3) is 2.81. The average Bonchev–Trinajstić information content (AvgIpc) is 2.04. The lowest BCUT2D eigenvalue weighted by atomic mass is 10.0. The number of hydrogen-bond donors (Lipinski definition) is 1. The smallest absolute Gasteiger partial charge is 0.219 e. The highest BCUT2D eigenvalue weighted by Crippen LogP contribution is 2.12. The molecule has 12 heavy (non-hydrogen) atoms. The van der Waals surface area contributed by atoms with E-state index in [1.165, 1.54) is 0 Å². The highest BCUT2D eigenvalue weighted by molar-refractivity contribution is 5.75. The molecular weight excluding hydrogens is 154 g/mol. The zero-order valence-corrected chi connectivity index (χ0v) is 7.80. The van der Waals surface area contributed by atoms with Gasteiger partial charge in [0.05, 0.1) is 6.10 Å². The van der Waals surface area contributed by atoms with Gasteiger partial charge in [0.2, 0.25) is 5.91 Å². The van der Waals surface area contributed by atoms with E-state index in [-0.39, 0.29) is 5.91 Å². The van der Waals surface area contributed by atoms with Crippen molar-refractivity contribution in [3.63, 3.8) is 0 Å². The first-order chi connectivity index (χ1) is 5.72. The zero-order chi connectivity index (χ0) is 8.97. The molecule has 0 aromatic rings. The summed E-state index contributed by atoms with van der Waals surface area (Å²) >= 11 is 0. The van der Waals surface area contributed by atoms with Crippen molar-refractivity contribution in [3.05, 3.63) is 0 Å². The van der Waals surface area contributed by atoms with Gasteiger partial charge in [0.15, 0.2) is 0 Å². The highest BCUT2D eigenvalue weighted by atomic mass is 16.5. The van der Waals surface area contributed by atoms with E-state index in [1.807, 2.05) is 13.8 Å².